The van der Waals surface area contributed by atoms with Crippen molar-refractivity contribution >= 4 is 22.6 Å². The SMILES string of the molecule is O=C(O)C(Nc1nccc2ccccc12)C1CCCCC1. The topological polar surface area (TPSA) is 62.2 Å². The molecule has 2 N–H and O–H groups in total. The van der Waals surface area contributed by atoms with Crippen LogP contribution in [0.1, 0.15) is 32.1 Å². The molecule has 0 radical (unpaired) electrons. The smallest absolute Gasteiger partial charge is 0.326 e. The average Bonchev–Trinajstić information content (AvgIpc) is 2.53. The summed E-state index contributed by atoms with van der Waals surface area (Å²) in [6.45, 7) is 0. The van der Waals surface area contributed by atoms with Crippen LogP contribution in [0, 0.1) is 5.92 Å². The molecule has 1 fully saturated rings. The lowest BCUT2D eigenvalue weighted by molar-refractivity contribution is -0.139. The molecule has 4 nitrogen and oxygen atoms in total. The van der Waals surface area contributed by atoms with E-state index < -0.39 is 12.0 Å². The lowest BCUT2D eigenvalue weighted by atomic mass is 9.84. The zero-order valence-electron chi connectivity index (χ0n) is 12.0. The third-order valence-electron chi connectivity index (χ3n) is 4.35. The molecule has 1 aliphatic carbocycles. The molecule has 1 aromatic heterocycles. The summed E-state index contributed by atoms with van der Waals surface area (Å²) in [5.74, 6) is 0.0831. The number of carboxylic acids is 1. The number of anilines is 1. The van der Waals surface area contributed by atoms with Gasteiger partial charge in [0.1, 0.15) is 11.9 Å². The standard InChI is InChI=1S/C17H20N2O2/c20-17(21)15(13-7-2-1-3-8-13)19-16-14-9-5-4-6-12(14)10-11-18-16/h4-6,9-11,13,15H,1-3,7-8H2,(H,18,19)(H,20,21). The van der Waals surface area contributed by atoms with Gasteiger partial charge in [0.25, 0.3) is 0 Å². The highest BCUT2D eigenvalue weighted by molar-refractivity contribution is 5.93. The van der Waals surface area contributed by atoms with Gasteiger partial charge in [0.05, 0.1) is 0 Å². The van der Waals surface area contributed by atoms with Crippen molar-refractivity contribution in [3.8, 4) is 0 Å². The minimum Gasteiger partial charge on any atom is -0.480 e. The van der Waals surface area contributed by atoms with Crippen LogP contribution in [-0.2, 0) is 4.79 Å². The van der Waals surface area contributed by atoms with Crippen LogP contribution in [0.25, 0.3) is 10.8 Å². The lowest BCUT2D eigenvalue weighted by Gasteiger charge is -2.28. The van der Waals surface area contributed by atoms with Gasteiger partial charge in [-0.1, -0.05) is 43.5 Å². The second kappa shape index (κ2) is 6.12. The van der Waals surface area contributed by atoms with E-state index in [4.69, 9.17) is 0 Å². The van der Waals surface area contributed by atoms with E-state index in [2.05, 4.69) is 10.3 Å². The Morgan fingerprint density at radius 2 is 1.95 bits per heavy atom. The van der Waals surface area contributed by atoms with Gasteiger partial charge in [-0.2, -0.15) is 0 Å². The molecule has 0 spiro atoms. The zero-order valence-corrected chi connectivity index (χ0v) is 12.0. The van der Waals surface area contributed by atoms with Gasteiger partial charge in [0.2, 0.25) is 0 Å². The minimum absolute atomic E-state index is 0.192. The van der Waals surface area contributed by atoms with Crippen molar-refractivity contribution in [2.45, 2.75) is 38.1 Å². The third-order valence-corrected chi connectivity index (χ3v) is 4.35. The zero-order chi connectivity index (χ0) is 14.7. The molecule has 0 saturated heterocycles. The average molecular weight is 284 g/mol. The van der Waals surface area contributed by atoms with Crippen LogP contribution in [-0.4, -0.2) is 22.1 Å². The first-order chi connectivity index (χ1) is 10.3. The highest BCUT2D eigenvalue weighted by atomic mass is 16.4. The molecule has 1 aromatic carbocycles. The van der Waals surface area contributed by atoms with Gasteiger partial charge in [-0.15, -0.1) is 0 Å². The van der Waals surface area contributed by atoms with Gasteiger partial charge in [-0.3, -0.25) is 0 Å². The number of nitrogens with one attached hydrogen (secondary N) is 1. The highest BCUT2D eigenvalue weighted by Crippen LogP contribution is 2.29. The fraction of sp³-hybridized carbons (Fsp3) is 0.412. The Morgan fingerprint density at radius 3 is 2.71 bits per heavy atom. The number of carbonyl (C=O) groups is 1. The summed E-state index contributed by atoms with van der Waals surface area (Å²) >= 11 is 0. The monoisotopic (exact) mass is 284 g/mol. The normalized spacial score (nSPS) is 17.5. The number of nitrogens with zero attached hydrogens (tertiary/aromatic N) is 1. The molecule has 1 heterocycles. The fourth-order valence-corrected chi connectivity index (χ4v) is 3.23. The van der Waals surface area contributed by atoms with Gasteiger partial charge < -0.3 is 10.4 Å². The highest BCUT2D eigenvalue weighted by Gasteiger charge is 2.29. The predicted molar refractivity (Wildman–Crippen MR) is 83.4 cm³/mol. The van der Waals surface area contributed by atoms with E-state index in [1.54, 1.807) is 6.20 Å². The molecule has 1 unspecified atom stereocenters. The molecule has 2 aromatic rings. The van der Waals surface area contributed by atoms with E-state index in [9.17, 15) is 9.90 Å². The molecule has 110 valence electrons. The third kappa shape index (κ3) is 2.99. The van der Waals surface area contributed by atoms with E-state index in [0.29, 0.717) is 5.82 Å². The van der Waals surface area contributed by atoms with Gasteiger partial charge in [0.15, 0.2) is 0 Å². The Balaban J connectivity index is 1.89. The number of carboxylic acid groups (broad SMARTS) is 1. The number of pyridine rings is 1. The summed E-state index contributed by atoms with van der Waals surface area (Å²) in [6.07, 6.45) is 7.15. The fourth-order valence-electron chi connectivity index (χ4n) is 3.23. The summed E-state index contributed by atoms with van der Waals surface area (Å²) in [7, 11) is 0. The maximum atomic E-state index is 11.6. The summed E-state index contributed by atoms with van der Waals surface area (Å²) < 4.78 is 0. The second-order valence-electron chi connectivity index (χ2n) is 5.74. The first kappa shape index (κ1) is 13.9. The summed E-state index contributed by atoms with van der Waals surface area (Å²) in [5, 5.41) is 14.8. The number of rotatable bonds is 4. The van der Waals surface area contributed by atoms with Crippen molar-refractivity contribution in [3.63, 3.8) is 0 Å². The van der Waals surface area contributed by atoms with Crippen LogP contribution in [0.4, 0.5) is 5.82 Å². The number of fused-ring (bicyclic) bond motifs is 1. The Bertz CT molecular complexity index is 630. The Morgan fingerprint density at radius 1 is 1.19 bits per heavy atom. The molecule has 0 bridgehead atoms. The van der Waals surface area contributed by atoms with Crippen molar-refractivity contribution in [2.24, 2.45) is 5.92 Å². The predicted octanol–water partition coefficient (Wildman–Crippen LogP) is 3.68. The number of aliphatic carboxylic acids is 1. The Kier molecular flexibility index (Phi) is 4.04. The molecular weight excluding hydrogens is 264 g/mol. The summed E-state index contributed by atoms with van der Waals surface area (Å²) in [5.41, 5.74) is 0. The van der Waals surface area contributed by atoms with Crippen LogP contribution < -0.4 is 5.32 Å². The largest absolute Gasteiger partial charge is 0.480 e. The number of hydrogen-bond acceptors (Lipinski definition) is 3. The van der Waals surface area contributed by atoms with Crippen LogP contribution in [0.5, 0.6) is 0 Å². The summed E-state index contributed by atoms with van der Waals surface area (Å²) in [4.78, 5) is 16.0. The lowest BCUT2D eigenvalue weighted by Crippen LogP contribution is -2.38. The Labute approximate surface area is 124 Å². The molecular formula is C17H20N2O2. The Hall–Kier alpha value is -2.10. The molecule has 1 aliphatic rings. The molecule has 1 atom stereocenters. The molecule has 0 amide bonds. The van der Waals surface area contributed by atoms with Crippen molar-refractivity contribution in [1.82, 2.24) is 4.98 Å². The van der Waals surface area contributed by atoms with Crippen molar-refractivity contribution in [2.75, 3.05) is 5.32 Å². The van der Waals surface area contributed by atoms with Gasteiger partial charge in [0, 0.05) is 11.6 Å². The van der Waals surface area contributed by atoms with Gasteiger partial charge >= 0.3 is 5.97 Å². The van der Waals surface area contributed by atoms with Gasteiger partial charge in [-0.25, -0.2) is 9.78 Å². The van der Waals surface area contributed by atoms with E-state index >= 15 is 0 Å². The van der Waals surface area contributed by atoms with Crippen LogP contribution in [0.15, 0.2) is 36.5 Å². The van der Waals surface area contributed by atoms with Crippen molar-refractivity contribution in [3.05, 3.63) is 36.5 Å². The maximum Gasteiger partial charge on any atom is 0.326 e. The number of benzene rings is 1. The molecule has 3 rings (SSSR count). The van der Waals surface area contributed by atoms with Crippen LogP contribution in [0.3, 0.4) is 0 Å². The van der Waals surface area contributed by atoms with Crippen molar-refractivity contribution < 1.29 is 9.90 Å². The van der Waals surface area contributed by atoms with E-state index in [-0.39, 0.29) is 5.92 Å². The first-order valence-electron chi connectivity index (χ1n) is 7.59. The van der Waals surface area contributed by atoms with Crippen molar-refractivity contribution in [1.29, 1.82) is 0 Å². The second-order valence-corrected chi connectivity index (χ2v) is 5.74. The van der Waals surface area contributed by atoms with E-state index in [1.807, 2.05) is 30.3 Å². The van der Waals surface area contributed by atoms with Gasteiger partial charge in [-0.05, 0) is 30.2 Å². The quantitative estimate of drug-likeness (QED) is 0.899. The van der Waals surface area contributed by atoms with Crippen LogP contribution >= 0.6 is 0 Å². The molecule has 4 heteroatoms. The van der Waals surface area contributed by atoms with E-state index in [1.165, 1.54) is 6.42 Å². The molecule has 1 saturated carbocycles. The van der Waals surface area contributed by atoms with E-state index in [0.717, 1.165) is 36.5 Å². The minimum atomic E-state index is -0.781. The number of hydrogen-bond donors (Lipinski definition) is 2. The molecule has 21 heavy (non-hydrogen) atoms. The number of aromatic nitrogens is 1. The summed E-state index contributed by atoms with van der Waals surface area (Å²) in [6, 6.07) is 9.30. The first-order valence-corrected chi connectivity index (χ1v) is 7.59. The van der Waals surface area contributed by atoms with Crippen LogP contribution in [0.2, 0.25) is 0 Å². The maximum absolute atomic E-state index is 11.6. The molecule has 0 aliphatic heterocycles.